The van der Waals surface area contributed by atoms with E-state index in [4.69, 9.17) is 9.84 Å². The Kier molecular flexibility index (Phi) is 5.38. The van der Waals surface area contributed by atoms with Crippen molar-refractivity contribution in [1.82, 2.24) is 9.88 Å². The zero-order valence-corrected chi connectivity index (χ0v) is 10.5. The normalized spacial score (nSPS) is 12.1. The van der Waals surface area contributed by atoms with Gasteiger partial charge < -0.3 is 19.7 Å². The molecular weight excluding hydrogens is 236 g/mol. The summed E-state index contributed by atoms with van der Waals surface area (Å²) in [5.41, 5.74) is 0.107. The van der Waals surface area contributed by atoms with E-state index in [1.165, 1.54) is 10.6 Å². The quantitative estimate of drug-likeness (QED) is 0.746. The van der Waals surface area contributed by atoms with E-state index in [9.17, 15) is 9.59 Å². The lowest BCUT2D eigenvalue weighted by Gasteiger charge is -2.12. The molecule has 0 aliphatic carbocycles. The van der Waals surface area contributed by atoms with Gasteiger partial charge in [-0.2, -0.15) is 0 Å². The van der Waals surface area contributed by atoms with Crippen LogP contribution in [0.1, 0.15) is 17.4 Å². The maximum Gasteiger partial charge on any atom is 0.352 e. The lowest BCUT2D eigenvalue weighted by Crippen LogP contribution is -2.33. The van der Waals surface area contributed by atoms with Gasteiger partial charge in [-0.25, -0.2) is 4.79 Å². The first kappa shape index (κ1) is 14.2. The molecule has 18 heavy (non-hydrogen) atoms. The van der Waals surface area contributed by atoms with Crippen LogP contribution in [0.3, 0.4) is 0 Å². The van der Waals surface area contributed by atoms with Gasteiger partial charge in [-0.3, -0.25) is 4.79 Å². The Morgan fingerprint density at radius 2 is 2.28 bits per heavy atom. The number of carbonyl (C=O) groups excluding carboxylic acids is 1. The molecule has 0 bridgehead atoms. The second-order valence-electron chi connectivity index (χ2n) is 4.19. The van der Waals surface area contributed by atoms with Crippen molar-refractivity contribution in [2.24, 2.45) is 5.92 Å². The molecule has 1 unspecified atom stereocenters. The largest absolute Gasteiger partial charge is 0.477 e. The van der Waals surface area contributed by atoms with Crippen molar-refractivity contribution in [1.29, 1.82) is 0 Å². The van der Waals surface area contributed by atoms with Gasteiger partial charge in [0.15, 0.2) is 0 Å². The second-order valence-corrected chi connectivity index (χ2v) is 4.19. The summed E-state index contributed by atoms with van der Waals surface area (Å²) in [5.74, 6) is -1.03. The third kappa shape index (κ3) is 4.21. The number of hydrogen-bond acceptors (Lipinski definition) is 3. The van der Waals surface area contributed by atoms with Gasteiger partial charge >= 0.3 is 5.97 Å². The standard InChI is InChI=1S/C12H18N2O4/c1-9(8-18-2)6-13-11(15)7-14-5-3-4-10(14)12(16)17/h3-5,9H,6-8H2,1-2H3,(H,13,15)(H,16,17). The molecule has 6 nitrogen and oxygen atoms in total. The number of ether oxygens (including phenoxy) is 1. The fourth-order valence-electron chi connectivity index (χ4n) is 1.59. The third-order valence-electron chi connectivity index (χ3n) is 2.46. The summed E-state index contributed by atoms with van der Waals surface area (Å²) < 4.78 is 6.36. The minimum absolute atomic E-state index is 0.00827. The highest BCUT2D eigenvalue weighted by Gasteiger charge is 2.12. The minimum atomic E-state index is -1.04. The second kappa shape index (κ2) is 6.80. The predicted octanol–water partition coefficient (Wildman–Crippen LogP) is 0.585. The van der Waals surface area contributed by atoms with Gasteiger partial charge in [-0.1, -0.05) is 6.92 Å². The van der Waals surface area contributed by atoms with E-state index in [0.29, 0.717) is 13.2 Å². The van der Waals surface area contributed by atoms with Gasteiger partial charge in [-0.05, 0) is 18.1 Å². The summed E-state index contributed by atoms with van der Waals surface area (Å²) in [6.07, 6.45) is 1.57. The van der Waals surface area contributed by atoms with Gasteiger partial charge in [-0.15, -0.1) is 0 Å². The summed E-state index contributed by atoms with van der Waals surface area (Å²) in [6.45, 7) is 3.05. The zero-order valence-electron chi connectivity index (χ0n) is 10.5. The molecule has 1 rings (SSSR count). The highest BCUT2D eigenvalue weighted by Crippen LogP contribution is 2.02. The van der Waals surface area contributed by atoms with Crippen molar-refractivity contribution in [3.8, 4) is 0 Å². The number of carboxylic acids is 1. The minimum Gasteiger partial charge on any atom is -0.477 e. The van der Waals surface area contributed by atoms with Gasteiger partial charge in [0.05, 0.1) is 6.61 Å². The van der Waals surface area contributed by atoms with E-state index in [2.05, 4.69) is 5.32 Å². The molecule has 1 aromatic rings. The van der Waals surface area contributed by atoms with Crippen molar-refractivity contribution >= 4 is 11.9 Å². The number of methoxy groups -OCH3 is 1. The van der Waals surface area contributed by atoms with Crippen molar-refractivity contribution in [2.75, 3.05) is 20.3 Å². The first-order valence-corrected chi connectivity index (χ1v) is 5.68. The number of amides is 1. The SMILES string of the molecule is COCC(C)CNC(=O)Cn1cccc1C(=O)O. The smallest absolute Gasteiger partial charge is 0.352 e. The first-order valence-electron chi connectivity index (χ1n) is 5.68. The van der Waals surface area contributed by atoms with Crippen LogP contribution in [0.2, 0.25) is 0 Å². The van der Waals surface area contributed by atoms with Gasteiger partial charge in [0.1, 0.15) is 12.2 Å². The van der Waals surface area contributed by atoms with Gasteiger partial charge in [0.2, 0.25) is 5.91 Å². The molecule has 1 heterocycles. The van der Waals surface area contributed by atoms with Crippen molar-refractivity contribution < 1.29 is 19.4 Å². The van der Waals surface area contributed by atoms with E-state index in [1.807, 2.05) is 6.92 Å². The van der Waals surface area contributed by atoms with Crippen LogP contribution in [0.4, 0.5) is 0 Å². The van der Waals surface area contributed by atoms with Crippen LogP contribution in [0.25, 0.3) is 0 Å². The Labute approximate surface area is 106 Å². The average molecular weight is 254 g/mol. The lowest BCUT2D eigenvalue weighted by atomic mass is 10.2. The molecule has 1 aromatic heterocycles. The Morgan fingerprint density at radius 1 is 1.56 bits per heavy atom. The van der Waals surface area contributed by atoms with Crippen LogP contribution >= 0.6 is 0 Å². The topological polar surface area (TPSA) is 80.6 Å². The van der Waals surface area contributed by atoms with E-state index in [-0.39, 0.29) is 24.1 Å². The maximum atomic E-state index is 11.6. The molecular formula is C12H18N2O4. The fourth-order valence-corrected chi connectivity index (χ4v) is 1.59. The third-order valence-corrected chi connectivity index (χ3v) is 2.46. The maximum absolute atomic E-state index is 11.6. The van der Waals surface area contributed by atoms with Crippen molar-refractivity contribution in [3.05, 3.63) is 24.0 Å². The molecule has 1 atom stereocenters. The Bertz CT molecular complexity index is 414. The number of rotatable bonds is 7. The Morgan fingerprint density at radius 3 is 2.89 bits per heavy atom. The van der Waals surface area contributed by atoms with Crippen LogP contribution in [0, 0.1) is 5.92 Å². The molecule has 1 amide bonds. The van der Waals surface area contributed by atoms with E-state index in [1.54, 1.807) is 19.4 Å². The number of hydrogen-bond donors (Lipinski definition) is 2. The van der Waals surface area contributed by atoms with Crippen molar-refractivity contribution in [2.45, 2.75) is 13.5 Å². The number of carboxylic acid groups (broad SMARTS) is 1. The summed E-state index contributed by atoms with van der Waals surface area (Å²) in [4.78, 5) is 22.5. The van der Waals surface area contributed by atoms with Gasteiger partial charge in [0, 0.05) is 19.9 Å². The number of nitrogens with one attached hydrogen (secondary N) is 1. The lowest BCUT2D eigenvalue weighted by molar-refractivity contribution is -0.121. The fraction of sp³-hybridized carbons (Fsp3) is 0.500. The molecule has 0 radical (unpaired) electrons. The van der Waals surface area contributed by atoms with Gasteiger partial charge in [0.25, 0.3) is 0 Å². The molecule has 0 spiro atoms. The Balaban J connectivity index is 2.45. The molecule has 0 aliphatic rings. The summed E-state index contributed by atoms with van der Waals surface area (Å²) in [5, 5.41) is 11.6. The van der Waals surface area contributed by atoms with Crippen molar-refractivity contribution in [3.63, 3.8) is 0 Å². The molecule has 2 N–H and O–H groups in total. The van der Waals surface area contributed by atoms with Crippen LogP contribution in [-0.4, -0.2) is 41.8 Å². The summed E-state index contributed by atoms with van der Waals surface area (Å²) in [6, 6.07) is 3.06. The summed E-state index contributed by atoms with van der Waals surface area (Å²) >= 11 is 0. The number of carbonyl (C=O) groups is 2. The highest BCUT2D eigenvalue weighted by atomic mass is 16.5. The average Bonchev–Trinajstić information content (AvgIpc) is 2.75. The molecule has 0 saturated carbocycles. The molecule has 0 aliphatic heterocycles. The zero-order chi connectivity index (χ0) is 13.5. The molecule has 0 aromatic carbocycles. The summed E-state index contributed by atoms with van der Waals surface area (Å²) in [7, 11) is 1.61. The predicted molar refractivity (Wildman–Crippen MR) is 65.4 cm³/mol. The van der Waals surface area contributed by atoms with Crippen LogP contribution in [0.5, 0.6) is 0 Å². The van der Waals surface area contributed by atoms with E-state index >= 15 is 0 Å². The molecule has 6 heteroatoms. The van der Waals surface area contributed by atoms with E-state index in [0.717, 1.165) is 0 Å². The first-order chi connectivity index (χ1) is 8.54. The molecule has 0 saturated heterocycles. The number of aromatic nitrogens is 1. The number of aromatic carboxylic acids is 1. The Hall–Kier alpha value is -1.82. The molecule has 100 valence electrons. The number of nitrogens with zero attached hydrogens (tertiary/aromatic N) is 1. The van der Waals surface area contributed by atoms with Crippen LogP contribution in [-0.2, 0) is 16.1 Å². The van der Waals surface area contributed by atoms with Crippen LogP contribution < -0.4 is 5.32 Å². The highest BCUT2D eigenvalue weighted by molar-refractivity contribution is 5.86. The van der Waals surface area contributed by atoms with Crippen LogP contribution in [0.15, 0.2) is 18.3 Å². The van der Waals surface area contributed by atoms with E-state index < -0.39 is 5.97 Å². The monoisotopic (exact) mass is 254 g/mol. The molecule has 0 fully saturated rings.